The molecule has 144 valence electrons. The first-order valence-corrected chi connectivity index (χ1v) is 10.1. The number of piperazine rings is 1. The van der Waals surface area contributed by atoms with E-state index in [1.165, 1.54) is 31.2 Å². The molecule has 2 heterocycles. The number of hydrogen-bond acceptors (Lipinski definition) is 4. The minimum atomic E-state index is 0.00888. The van der Waals surface area contributed by atoms with Gasteiger partial charge < -0.3 is 4.90 Å². The predicted molar refractivity (Wildman–Crippen MR) is 105 cm³/mol. The third-order valence-corrected chi connectivity index (χ3v) is 6.00. The zero-order valence-corrected chi connectivity index (χ0v) is 16.6. The van der Waals surface area contributed by atoms with Gasteiger partial charge >= 0.3 is 0 Å². The molecule has 0 spiro atoms. The molecular weight excluding hydrogens is 338 g/mol. The van der Waals surface area contributed by atoms with Crippen molar-refractivity contribution in [2.75, 3.05) is 26.2 Å². The van der Waals surface area contributed by atoms with Gasteiger partial charge in [-0.25, -0.2) is 0 Å². The molecule has 0 radical (unpaired) electrons. The van der Waals surface area contributed by atoms with Crippen LogP contribution in [0.15, 0.2) is 18.2 Å². The second-order valence-electron chi connectivity index (χ2n) is 7.98. The molecule has 1 aromatic heterocycles. The molecule has 4 rings (SSSR count). The van der Waals surface area contributed by atoms with E-state index in [2.05, 4.69) is 28.1 Å². The van der Waals surface area contributed by atoms with Gasteiger partial charge in [0.25, 0.3) is 5.91 Å². The van der Waals surface area contributed by atoms with Crippen LogP contribution in [0.2, 0.25) is 0 Å². The quantitative estimate of drug-likeness (QED) is 0.837. The largest absolute Gasteiger partial charge is 0.335 e. The topological polar surface area (TPSA) is 54.3 Å². The van der Waals surface area contributed by atoms with Crippen LogP contribution in [0.5, 0.6) is 0 Å². The maximum Gasteiger partial charge on any atom is 0.276 e. The molecule has 1 saturated carbocycles. The van der Waals surface area contributed by atoms with Crippen LogP contribution in [0.3, 0.4) is 0 Å². The Balaban J connectivity index is 1.47. The molecule has 6 nitrogen and oxygen atoms in total. The highest BCUT2D eigenvalue weighted by molar-refractivity contribution is 5.93. The van der Waals surface area contributed by atoms with Gasteiger partial charge in [0.1, 0.15) is 0 Å². The summed E-state index contributed by atoms with van der Waals surface area (Å²) in [5.41, 5.74) is 4.40. The van der Waals surface area contributed by atoms with Gasteiger partial charge in [-0.1, -0.05) is 30.5 Å². The second-order valence-corrected chi connectivity index (χ2v) is 7.98. The summed E-state index contributed by atoms with van der Waals surface area (Å²) in [7, 11) is 0. The molecule has 2 aliphatic rings. The molecule has 27 heavy (non-hydrogen) atoms. The lowest BCUT2D eigenvalue weighted by molar-refractivity contribution is 0.0567. The van der Waals surface area contributed by atoms with Crippen LogP contribution in [-0.4, -0.2) is 62.9 Å². The highest BCUT2D eigenvalue weighted by Gasteiger charge is 2.30. The Hall–Kier alpha value is -2.21. The second kappa shape index (κ2) is 7.43. The average molecular weight is 367 g/mol. The van der Waals surface area contributed by atoms with E-state index in [4.69, 9.17) is 0 Å². The average Bonchev–Trinajstić information content (AvgIpc) is 3.31. The monoisotopic (exact) mass is 367 g/mol. The molecule has 0 bridgehead atoms. The summed E-state index contributed by atoms with van der Waals surface area (Å²) >= 11 is 0. The number of benzene rings is 1. The van der Waals surface area contributed by atoms with Crippen molar-refractivity contribution in [1.82, 2.24) is 24.8 Å². The summed E-state index contributed by atoms with van der Waals surface area (Å²) in [5.74, 6) is 0.00888. The van der Waals surface area contributed by atoms with Gasteiger partial charge in [-0.3, -0.25) is 9.69 Å². The number of carbonyl (C=O) groups is 1. The van der Waals surface area contributed by atoms with Gasteiger partial charge in [-0.05, 0) is 45.2 Å². The first-order valence-electron chi connectivity index (χ1n) is 10.1. The van der Waals surface area contributed by atoms with Gasteiger partial charge in [0.05, 0.1) is 11.4 Å². The molecule has 2 aromatic rings. The van der Waals surface area contributed by atoms with E-state index in [0.29, 0.717) is 11.4 Å². The summed E-state index contributed by atoms with van der Waals surface area (Å²) < 4.78 is 0. The van der Waals surface area contributed by atoms with E-state index < -0.39 is 0 Å². The highest BCUT2D eigenvalue weighted by Crippen LogP contribution is 2.24. The fraction of sp³-hybridized carbons (Fsp3) is 0.571. The summed E-state index contributed by atoms with van der Waals surface area (Å²) in [6.07, 6.45) is 5.34. The van der Waals surface area contributed by atoms with E-state index in [-0.39, 0.29) is 5.91 Å². The summed E-state index contributed by atoms with van der Waals surface area (Å²) in [6.45, 7) is 9.50. The van der Waals surface area contributed by atoms with Crippen molar-refractivity contribution in [3.05, 3.63) is 40.7 Å². The van der Waals surface area contributed by atoms with Gasteiger partial charge in [0, 0.05) is 32.2 Å². The van der Waals surface area contributed by atoms with Crippen molar-refractivity contribution in [2.24, 2.45) is 0 Å². The summed E-state index contributed by atoms with van der Waals surface area (Å²) in [5, 5.41) is 9.06. The van der Waals surface area contributed by atoms with Crippen molar-refractivity contribution in [2.45, 2.75) is 52.5 Å². The first-order chi connectivity index (χ1) is 13.0. The van der Waals surface area contributed by atoms with E-state index >= 15 is 0 Å². The molecule has 1 aromatic carbocycles. The number of amides is 1. The third-order valence-electron chi connectivity index (χ3n) is 6.00. The number of rotatable bonds is 3. The minimum absolute atomic E-state index is 0.00888. The zero-order valence-electron chi connectivity index (χ0n) is 16.6. The molecule has 2 fully saturated rings. The van der Waals surface area contributed by atoms with Crippen molar-refractivity contribution >= 4 is 5.91 Å². The van der Waals surface area contributed by atoms with Crippen molar-refractivity contribution < 1.29 is 4.79 Å². The van der Waals surface area contributed by atoms with E-state index in [0.717, 1.165) is 43.5 Å². The minimum Gasteiger partial charge on any atom is -0.335 e. The van der Waals surface area contributed by atoms with Gasteiger partial charge in [-0.15, -0.1) is 5.10 Å². The molecule has 1 saturated heterocycles. The Morgan fingerprint density at radius 2 is 1.70 bits per heavy atom. The van der Waals surface area contributed by atoms with Crippen LogP contribution in [-0.2, 0) is 0 Å². The van der Waals surface area contributed by atoms with Crippen molar-refractivity contribution in [1.29, 1.82) is 0 Å². The molecule has 1 aliphatic carbocycles. The van der Waals surface area contributed by atoms with Crippen molar-refractivity contribution in [3.63, 3.8) is 0 Å². The van der Waals surface area contributed by atoms with Crippen molar-refractivity contribution in [3.8, 4) is 5.69 Å². The normalized spacial score (nSPS) is 19.0. The third kappa shape index (κ3) is 3.63. The van der Waals surface area contributed by atoms with Crippen LogP contribution in [0.4, 0.5) is 0 Å². The summed E-state index contributed by atoms with van der Waals surface area (Å²) in [6, 6.07) is 6.90. The van der Waals surface area contributed by atoms with Gasteiger partial charge in [0.15, 0.2) is 5.69 Å². The number of hydrogen-bond donors (Lipinski definition) is 0. The Morgan fingerprint density at radius 3 is 2.37 bits per heavy atom. The van der Waals surface area contributed by atoms with Crippen LogP contribution < -0.4 is 0 Å². The highest BCUT2D eigenvalue weighted by atomic mass is 16.2. The fourth-order valence-corrected chi connectivity index (χ4v) is 4.42. The Bertz CT molecular complexity index is 829. The maximum absolute atomic E-state index is 13.0. The zero-order chi connectivity index (χ0) is 19.0. The maximum atomic E-state index is 13.0. The Kier molecular flexibility index (Phi) is 5.00. The molecule has 1 aliphatic heterocycles. The fourth-order valence-electron chi connectivity index (χ4n) is 4.42. The number of aromatic nitrogens is 3. The summed E-state index contributed by atoms with van der Waals surface area (Å²) in [4.78, 5) is 19.1. The Labute approximate surface area is 161 Å². The van der Waals surface area contributed by atoms with Crippen LogP contribution >= 0.6 is 0 Å². The number of carbonyl (C=O) groups excluding carboxylic acids is 1. The van der Waals surface area contributed by atoms with Gasteiger partial charge in [-0.2, -0.15) is 9.90 Å². The van der Waals surface area contributed by atoms with Crippen LogP contribution in [0, 0.1) is 20.8 Å². The van der Waals surface area contributed by atoms with E-state index in [1.807, 2.05) is 30.9 Å². The molecular formula is C21H29N5O. The van der Waals surface area contributed by atoms with Crippen LogP contribution in [0.25, 0.3) is 5.69 Å². The standard InChI is InChI=1S/C21H29N5O/c1-15-8-9-19(16(2)14-15)26-22-17(3)20(23-26)21(27)25-12-10-24(11-13-25)18-6-4-5-7-18/h8-9,14,18H,4-7,10-13H2,1-3H3. The van der Waals surface area contributed by atoms with E-state index in [9.17, 15) is 4.79 Å². The molecule has 0 atom stereocenters. The lowest BCUT2D eigenvalue weighted by atomic mass is 10.1. The lowest BCUT2D eigenvalue weighted by Gasteiger charge is -2.37. The first kappa shape index (κ1) is 18.2. The molecule has 6 heteroatoms. The SMILES string of the molecule is Cc1ccc(-n2nc(C)c(C(=O)N3CCN(C4CCCC4)CC3)n2)c(C)c1. The molecule has 1 amide bonds. The van der Waals surface area contributed by atoms with E-state index in [1.54, 1.807) is 4.80 Å². The number of aryl methyl sites for hydroxylation is 3. The van der Waals surface area contributed by atoms with Crippen LogP contribution in [0.1, 0.15) is 53.0 Å². The molecule has 0 N–H and O–H groups in total. The number of nitrogens with zero attached hydrogens (tertiary/aromatic N) is 5. The smallest absolute Gasteiger partial charge is 0.276 e. The lowest BCUT2D eigenvalue weighted by Crippen LogP contribution is -2.51. The predicted octanol–water partition coefficient (Wildman–Crippen LogP) is 2.89. The Morgan fingerprint density at radius 1 is 1.00 bits per heavy atom. The van der Waals surface area contributed by atoms with Gasteiger partial charge in [0.2, 0.25) is 0 Å². The molecule has 0 unspecified atom stereocenters.